The number of ketones is 2. The van der Waals surface area contributed by atoms with Crippen LogP contribution in [0.25, 0.3) is 0 Å². The second-order valence-electron chi connectivity index (χ2n) is 14.5. The zero-order valence-corrected chi connectivity index (χ0v) is 32.7. The number of carbonyl (C=O) groups is 5. The van der Waals surface area contributed by atoms with Crippen molar-refractivity contribution in [1.82, 2.24) is 24.9 Å². The third kappa shape index (κ3) is 18.3. The number of aryl methyl sites for hydroxylation is 2. The number of hydrogen-bond acceptors (Lipinski definition) is 11. The number of carboxylic acid groups (broad SMARTS) is 3. The quantitative estimate of drug-likeness (QED) is 0.117. The maximum atomic E-state index is 13.3. The summed E-state index contributed by atoms with van der Waals surface area (Å²) in [5.41, 5.74) is 4.18. The van der Waals surface area contributed by atoms with Gasteiger partial charge in [0, 0.05) is 65.3 Å². The van der Waals surface area contributed by atoms with Crippen LogP contribution in [-0.2, 0) is 54.7 Å². The van der Waals surface area contributed by atoms with Crippen LogP contribution in [0.3, 0.4) is 0 Å². The molecule has 0 amide bonds. The maximum absolute atomic E-state index is 13.3. The van der Waals surface area contributed by atoms with Gasteiger partial charge in [-0.15, -0.1) is 0 Å². The minimum absolute atomic E-state index is 0.000769. The fourth-order valence-electron chi connectivity index (χ4n) is 6.74. The van der Waals surface area contributed by atoms with Crippen LogP contribution in [0.2, 0.25) is 0 Å². The minimum Gasteiger partial charge on any atom is -0.480 e. The summed E-state index contributed by atoms with van der Waals surface area (Å²) in [7, 11) is 0. The van der Waals surface area contributed by atoms with Gasteiger partial charge in [0.1, 0.15) is 12.4 Å². The van der Waals surface area contributed by atoms with E-state index in [1.165, 1.54) is 0 Å². The van der Waals surface area contributed by atoms with Gasteiger partial charge in [0.25, 0.3) is 0 Å². The molecule has 1 atom stereocenters. The van der Waals surface area contributed by atoms with Crippen LogP contribution in [0, 0.1) is 0 Å². The number of ether oxygens (including phenoxy) is 1. The topological polar surface area (TPSA) is 180 Å². The van der Waals surface area contributed by atoms with E-state index < -0.39 is 17.9 Å². The number of nitrogens with zero attached hydrogens (tertiary/aromatic N) is 4. The Morgan fingerprint density at radius 1 is 0.544 bits per heavy atom. The van der Waals surface area contributed by atoms with Crippen LogP contribution >= 0.6 is 0 Å². The molecule has 14 heteroatoms. The Hall–Kier alpha value is -4.83. The summed E-state index contributed by atoms with van der Waals surface area (Å²) in [6.07, 6.45) is 2.22. The molecule has 0 bridgehead atoms. The van der Waals surface area contributed by atoms with Crippen molar-refractivity contribution in [3.8, 4) is 0 Å². The fourth-order valence-corrected chi connectivity index (χ4v) is 6.74. The summed E-state index contributed by atoms with van der Waals surface area (Å²) in [6.45, 7) is 3.12. The number of aliphatic carboxylic acids is 3. The summed E-state index contributed by atoms with van der Waals surface area (Å²) in [5, 5.41) is 31.8. The first kappa shape index (κ1) is 44.9. The van der Waals surface area contributed by atoms with Crippen molar-refractivity contribution in [2.45, 2.75) is 44.9 Å². The Balaban J connectivity index is 1.30. The minimum atomic E-state index is -1.01. The molecule has 308 valence electrons. The number of hydrogen-bond donors (Lipinski definition) is 4. The molecular weight excluding hydrogens is 730 g/mol. The third-order valence-electron chi connectivity index (χ3n) is 9.98. The van der Waals surface area contributed by atoms with E-state index in [2.05, 4.69) is 17.4 Å². The summed E-state index contributed by atoms with van der Waals surface area (Å²) >= 11 is 0. The third-order valence-corrected chi connectivity index (χ3v) is 9.98. The van der Waals surface area contributed by atoms with Gasteiger partial charge in [-0.05, 0) is 41.5 Å². The van der Waals surface area contributed by atoms with Gasteiger partial charge in [0.15, 0.2) is 5.78 Å². The van der Waals surface area contributed by atoms with Crippen molar-refractivity contribution in [1.29, 1.82) is 0 Å². The summed E-state index contributed by atoms with van der Waals surface area (Å²) in [6, 6.07) is 27.4. The van der Waals surface area contributed by atoms with E-state index in [1.54, 1.807) is 14.7 Å². The molecule has 3 aromatic carbocycles. The first-order valence-electron chi connectivity index (χ1n) is 19.6. The lowest BCUT2D eigenvalue weighted by Gasteiger charge is -2.32. The molecule has 1 fully saturated rings. The van der Waals surface area contributed by atoms with Crippen LogP contribution in [-0.4, -0.2) is 156 Å². The second kappa shape index (κ2) is 24.7. The number of Topliss-reactive ketones (excluding diaryl/α,β-unsaturated/α-hetero) is 2. The molecule has 3 aromatic rings. The zero-order valence-electron chi connectivity index (χ0n) is 32.7. The van der Waals surface area contributed by atoms with Crippen LogP contribution in [0.5, 0.6) is 0 Å². The van der Waals surface area contributed by atoms with Crippen LogP contribution < -0.4 is 5.32 Å². The summed E-state index contributed by atoms with van der Waals surface area (Å²) in [4.78, 5) is 68.3. The van der Waals surface area contributed by atoms with E-state index in [4.69, 9.17) is 4.74 Å². The van der Waals surface area contributed by atoms with Gasteiger partial charge in [-0.1, -0.05) is 84.9 Å². The highest BCUT2D eigenvalue weighted by molar-refractivity contribution is 5.85. The Kier molecular flexibility index (Phi) is 19.5. The molecule has 1 saturated heterocycles. The molecule has 0 radical (unpaired) electrons. The molecule has 0 spiro atoms. The van der Waals surface area contributed by atoms with E-state index in [9.17, 15) is 39.3 Å². The smallest absolute Gasteiger partial charge is 0.317 e. The van der Waals surface area contributed by atoms with Crippen molar-refractivity contribution >= 4 is 29.5 Å². The Labute approximate surface area is 335 Å². The number of carboxylic acids is 3. The molecule has 4 rings (SSSR count). The molecule has 1 aliphatic heterocycles. The molecule has 1 heterocycles. The van der Waals surface area contributed by atoms with Gasteiger partial charge < -0.3 is 25.4 Å². The molecule has 57 heavy (non-hydrogen) atoms. The highest BCUT2D eigenvalue weighted by atomic mass is 16.5. The Morgan fingerprint density at radius 2 is 0.965 bits per heavy atom. The summed E-state index contributed by atoms with van der Waals surface area (Å²) in [5.74, 6) is -2.98. The number of rotatable bonds is 22. The standard InChI is InChI=1S/C43H57N5O9/c49-38(28-45-19-21-46(29-41(51)52)23-25-48(31-43(55)56)26-24-47(22-20-45)30-42(53)54)17-15-35-11-13-36(14-12-35)27-44-39(18-16-34-7-3-1-4-8-34)40(50)33-57-32-37-9-5-2-6-10-37/h1-14,39,44H,15-33H2,(H,51,52)(H,53,54)(H,55,56)/t39-/m1/s1. The van der Waals surface area contributed by atoms with E-state index in [-0.39, 0.29) is 50.4 Å². The summed E-state index contributed by atoms with van der Waals surface area (Å²) < 4.78 is 5.77. The zero-order chi connectivity index (χ0) is 40.8. The van der Waals surface area contributed by atoms with Gasteiger partial charge >= 0.3 is 17.9 Å². The SMILES string of the molecule is O=C(O)CN1CCN(CC(=O)O)CCN(CC(=O)CCc2ccc(CN[C@H](CCc3ccccc3)C(=O)COCc3ccccc3)cc2)CCN(CC(=O)O)CC1. The van der Waals surface area contributed by atoms with Crippen molar-refractivity contribution in [2.24, 2.45) is 0 Å². The molecule has 4 N–H and O–H groups in total. The van der Waals surface area contributed by atoms with E-state index in [1.807, 2.05) is 77.7 Å². The van der Waals surface area contributed by atoms with Crippen molar-refractivity contribution in [2.75, 3.05) is 85.1 Å². The van der Waals surface area contributed by atoms with Gasteiger partial charge in [-0.3, -0.25) is 43.6 Å². The average molecular weight is 788 g/mol. The Bertz CT molecular complexity index is 1660. The van der Waals surface area contributed by atoms with Crippen LogP contribution in [0.1, 0.15) is 35.1 Å². The van der Waals surface area contributed by atoms with Gasteiger partial charge in [-0.25, -0.2) is 0 Å². The fraction of sp³-hybridized carbons (Fsp3) is 0.465. The second-order valence-corrected chi connectivity index (χ2v) is 14.5. The molecular formula is C43H57N5O9. The molecule has 14 nitrogen and oxygen atoms in total. The van der Waals surface area contributed by atoms with E-state index >= 15 is 0 Å². The first-order valence-corrected chi connectivity index (χ1v) is 19.6. The van der Waals surface area contributed by atoms with Gasteiger partial charge in [0.05, 0.1) is 38.8 Å². The lowest BCUT2D eigenvalue weighted by atomic mass is 10.0. The molecule has 0 saturated carbocycles. The molecule has 0 unspecified atom stereocenters. The monoisotopic (exact) mass is 787 g/mol. The Morgan fingerprint density at radius 3 is 1.44 bits per heavy atom. The maximum Gasteiger partial charge on any atom is 0.317 e. The number of carbonyl (C=O) groups excluding carboxylic acids is 2. The largest absolute Gasteiger partial charge is 0.480 e. The number of benzene rings is 3. The van der Waals surface area contributed by atoms with Crippen LogP contribution in [0.4, 0.5) is 0 Å². The van der Waals surface area contributed by atoms with Crippen LogP contribution in [0.15, 0.2) is 84.9 Å². The predicted molar refractivity (Wildman–Crippen MR) is 215 cm³/mol. The van der Waals surface area contributed by atoms with Crippen molar-refractivity contribution < 1.29 is 44.0 Å². The van der Waals surface area contributed by atoms with Crippen molar-refractivity contribution in [3.05, 3.63) is 107 Å². The first-order chi connectivity index (χ1) is 27.5. The van der Waals surface area contributed by atoms with Gasteiger partial charge in [0.2, 0.25) is 0 Å². The highest BCUT2D eigenvalue weighted by Crippen LogP contribution is 2.12. The molecule has 0 aliphatic carbocycles. The van der Waals surface area contributed by atoms with Gasteiger partial charge in [-0.2, -0.15) is 0 Å². The average Bonchev–Trinajstić information content (AvgIpc) is 3.18. The lowest BCUT2D eigenvalue weighted by Crippen LogP contribution is -2.49. The van der Waals surface area contributed by atoms with E-state index in [0.717, 1.165) is 28.7 Å². The lowest BCUT2D eigenvalue weighted by molar-refractivity contribution is -0.140. The predicted octanol–water partition coefficient (Wildman–Crippen LogP) is 2.54. The number of nitrogens with one attached hydrogen (secondary N) is 1. The highest BCUT2D eigenvalue weighted by Gasteiger charge is 2.22. The van der Waals surface area contributed by atoms with E-state index in [0.29, 0.717) is 84.8 Å². The van der Waals surface area contributed by atoms with Crippen molar-refractivity contribution in [3.63, 3.8) is 0 Å². The molecule has 0 aromatic heterocycles. The molecule has 1 aliphatic rings. The normalized spacial score (nSPS) is 15.9.